The summed E-state index contributed by atoms with van der Waals surface area (Å²) in [5.74, 6) is -1.56. The molecule has 2 aromatic carbocycles. The van der Waals surface area contributed by atoms with Crippen molar-refractivity contribution in [3.63, 3.8) is 0 Å². The van der Waals surface area contributed by atoms with E-state index in [2.05, 4.69) is 0 Å². The van der Waals surface area contributed by atoms with Crippen LogP contribution in [0.4, 0.5) is 11.4 Å². The van der Waals surface area contributed by atoms with Gasteiger partial charge in [-0.3, -0.25) is 25.0 Å². The van der Waals surface area contributed by atoms with Crippen LogP contribution in [0.15, 0.2) is 70.0 Å². The Morgan fingerprint density at radius 1 is 0.882 bits per heavy atom. The van der Waals surface area contributed by atoms with Gasteiger partial charge in [-0.15, -0.1) is 0 Å². The standard InChI is InChI=1S/C19H17N3O10S2/c1-2-32-19(23)18-11-13(18)12-20(33(28,29)16-7-3-14(4-8-16)21(24)25)34(30,31)17-9-5-15(6-10-17)22(26)27/h3-11,18H,2,12H2,1H3. The van der Waals surface area contributed by atoms with Crippen LogP contribution in [0.25, 0.3) is 0 Å². The lowest BCUT2D eigenvalue weighted by atomic mass is 10.3. The third-order valence-corrected chi connectivity index (χ3v) is 8.99. The van der Waals surface area contributed by atoms with Gasteiger partial charge in [0.1, 0.15) is 0 Å². The van der Waals surface area contributed by atoms with E-state index in [9.17, 15) is 41.9 Å². The third-order valence-electron chi connectivity index (χ3n) is 4.75. The van der Waals surface area contributed by atoms with Gasteiger partial charge in [0.25, 0.3) is 31.4 Å². The highest BCUT2D eigenvalue weighted by atomic mass is 32.3. The van der Waals surface area contributed by atoms with Gasteiger partial charge in [-0.1, -0.05) is 9.79 Å². The number of esters is 1. The van der Waals surface area contributed by atoms with Crippen LogP contribution in [0, 0.1) is 26.1 Å². The van der Waals surface area contributed by atoms with Crippen molar-refractivity contribution in [3.05, 3.63) is 80.4 Å². The van der Waals surface area contributed by atoms with Crippen molar-refractivity contribution in [3.8, 4) is 0 Å². The number of hydrogen-bond donors (Lipinski definition) is 0. The maximum absolute atomic E-state index is 13.3. The van der Waals surface area contributed by atoms with E-state index in [1.54, 1.807) is 6.92 Å². The number of benzene rings is 2. The number of carbonyl (C=O) groups excluding carboxylic acids is 1. The summed E-state index contributed by atoms with van der Waals surface area (Å²) in [5.41, 5.74) is -0.638. The van der Waals surface area contributed by atoms with Gasteiger partial charge in [0.05, 0.1) is 38.7 Å². The summed E-state index contributed by atoms with van der Waals surface area (Å²) in [6, 6.07) is 7.16. The van der Waals surface area contributed by atoms with E-state index in [0.717, 1.165) is 48.5 Å². The monoisotopic (exact) mass is 511 g/mol. The van der Waals surface area contributed by atoms with Crippen LogP contribution in [-0.2, 0) is 29.6 Å². The maximum Gasteiger partial charge on any atom is 0.317 e. The number of nitrogens with zero attached hydrogens (tertiary/aromatic N) is 3. The zero-order chi connectivity index (χ0) is 25.3. The molecule has 0 radical (unpaired) electrons. The molecule has 180 valence electrons. The van der Waals surface area contributed by atoms with Crippen LogP contribution in [0.1, 0.15) is 6.92 Å². The number of nitro benzene ring substituents is 2. The maximum atomic E-state index is 13.3. The number of carbonyl (C=O) groups is 1. The topological polar surface area (TPSA) is 184 Å². The minimum atomic E-state index is -4.80. The van der Waals surface area contributed by atoms with Gasteiger partial charge in [0, 0.05) is 24.3 Å². The predicted octanol–water partition coefficient (Wildman–Crippen LogP) is 2.00. The second kappa shape index (κ2) is 9.28. The highest BCUT2D eigenvalue weighted by Crippen LogP contribution is 2.35. The fourth-order valence-electron chi connectivity index (χ4n) is 2.93. The Morgan fingerprint density at radius 2 is 1.29 bits per heavy atom. The summed E-state index contributed by atoms with van der Waals surface area (Å²) in [7, 11) is -9.59. The van der Waals surface area contributed by atoms with Gasteiger partial charge in [-0.2, -0.15) is 0 Å². The Balaban J connectivity index is 2.03. The van der Waals surface area contributed by atoms with Gasteiger partial charge in [-0.25, -0.2) is 16.8 Å². The molecule has 0 fully saturated rings. The molecule has 0 N–H and O–H groups in total. The summed E-state index contributed by atoms with van der Waals surface area (Å²) in [4.78, 5) is 31.1. The van der Waals surface area contributed by atoms with E-state index in [4.69, 9.17) is 4.74 Å². The molecule has 0 saturated carbocycles. The van der Waals surface area contributed by atoms with Crippen LogP contribution >= 0.6 is 0 Å². The van der Waals surface area contributed by atoms with Crippen molar-refractivity contribution >= 4 is 37.4 Å². The van der Waals surface area contributed by atoms with Crippen LogP contribution < -0.4 is 0 Å². The minimum absolute atomic E-state index is 0.0718. The minimum Gasteiger partial charge on any atom is -0.465 e. The summed E-state index contributed by atoms with van der Waals surface area (Å²) in [5, 5.41) is 21.7. The first-order valence-electron chi connectivity index (χ1n) is 9.53. The average molecular weight is 511 g/mol. The molecule has 0 bridgehead atoms. The van der Waals surface area contributed by atoms with Gasteiger partial charge in [0.15, 0.2) is 0 Å². The molecule has 1 aliphatic rings. The highest BCUT2D eigenvalue weighted by Gasteiger charge is 2.43. The third kappa shape index (κ3) is 4.95. The second-order valence-corrected chi connectivity index (χ2v) is 10.9. The van der Waals surface area contributed by atoms with Gasteiger partial charge in [-0.05, 0) is 36.8 Å². The molecular weight excluding hydrogens is 494 g/mol. The largest absolute Gasteiger partial charge is 0.465 e. The predicted molar refractivity (Wildman–Crippen MR) is 115 cm³/mol. The highest BCUT2D eigenvalue weighted by molar-refractivity contribution is 8.04. The molecule has 0 aliphatic heterocycles. The number of hydrogen-bond acceptors (Lipinski definition) is 10. The molecule has 0 spiro atoms. The molecule has 1 unspecified atom stereocenters. The van der Waals surface area contributed by atoms with E-state index in [0.29, 0.717) is 0 Å². The number of sulfonamides is 2. The van der Waals surface area contributed by atoms with Gasteiger partial charge >= 0.3 is 5.97 Å². The number of ether oxygens (including phenoxy) is 1. The molecule has 13 nitrogen and oxygen atoms in total. The van der Waals surface area contributed by atoms with E-state index < -0.39 is 69.5 Å². The summed E-state index contributed by atoms with van der Waals surface area (Å²) in [6.07, 6.45) is 1.35. The quantitative estimate of drug-likeness (QED) is 0.198. The lowest BCUT2D eigenvalue weighted by Crippen LogP contribution is -2.38. The summed E-state index contributed by atoms with van der Waals surface area (Å²) < 4.78 is 58.2. The SMILES string of the molecule is CCOC(=O)C1C=C1CN(S(=O)(=O)c1ccc([N+](=O)[O-])cc1)S(=O)(=O)c1ccc([N+](=O)[O-])cc1. The van der Waals surface area contributed by atoms with Gasteiger partial charge in [0.2, 0.25) is 0 Å². The van der Waals surface area contributed by atoms with Crippen molar-refractivity contribution in [2.75, 3.05) is 13.2 Å². The van der Waals surface area contributed by atoms with Crippen LogP contribution in [0.2, 0.25) is 0 Å². The van der Waals surface area contributed by atoms with E-state index in [1.807, 2.05) is 0 Å². The molecule has 34 heavy (non-hydrogen) atoms. The average Bonchev–Trinajstić information content (AvgIpc) is 3.57. The van der Waals surface area contributed by atoms with Crippen LogP contribution in [0.5, 0.6) is 0 Å². The molecule has 1 atom stereocenters. The van der Waals surface area contributed by atoms with Gasteiger partial charge < -0.3 is 4.74 Å². The molecule has 0 aromatic heterocycles. The summed E-state index contributed by atoms with van der Waals surface area (Å²) in [6.45, 7) is 0.925. The Bertz CT molecular complexity index is 1300. The first-order valence-corrected chi connectivity index (χ1v) is 12.4. The van der Waals surface area contributed by atoms with Crippen molar-refractivity contribution < 1.29 is 36.2 Å². The summed E-state index contributed by atoms with van der Waals surface area (Å²) >= 11 is 0. The molecule has 0 heterocycles. The Labute approximate surface area is 193 Å². The first-order chi connectivity index (χ1) is 15.9. The number of rotatable bonds is 10. The van der Waals surface area contributed by atoms with E-state index in [1.165, 1.54) is 6.08 Å². The number of non-ortho nitro benzene ring substituents is 2. The van der Waals surface area contributed by atoms with E-state index >= 15 is 0 Å². The van der Waals surface area contributed by atoms with Crippen molar-refractivity contribution in [2.24, 2.45) is 5.92 Å². The molecule has 3 rings (SSSR count). The van der Waals surface area contributed by atoms with Crippen LogP contribution in [-0.4, -0.2) is 49.5 Å². The smallest absolute Gasteiger partial charge is 0.317 e. The molecular formula is C19H17N3O10S2. The zero-order valence-electron chi connectivity index (χ0n) is 17.4. The molecule has 15 heteroatoms. The Morgan fingerprint density at radius 3 is 1.65 bits per heavy atom. The molecule has 0 saturated heterocycles. The van der Waals surface area contributed by atoms with E-state index in [-0.39, 0.29) is 15.9 Å². The van der Waals surface area contributed by atoms with Crippen molar-refractivity contribution in [2.45, 2.75) is 16.7 Å². The normalized spacial score (nSPS) is 15.5. The second-order valence-electron chi connectivity index (χ2n) is 6.91. The van der Waals surface area contributed by atoms with Crippen molar-refractivity contribution in [1.82, 2.24) is 3.71 Å². The Hall–Kier alpha value is -3.69. The first kappa shape index (κ1) is 24.9. The zero-order valence-corrected chi connectivity index (χ0v) is 19.1. The molecule has 1 aliphatic carbocycles. The Kier molecular flexibility index (Phi) is 6.81. The van der Waals surface area contributed by atoms with Crippen molar-refractivity contribution in [1.29, 1.82) is 0 Å². The lowest BCUT2D eigenvalue weighted by Gasteiger charge is -2.21. The fraction of sp³-hybridized carbons (Fsp3) is 0.211. The molecule has 0 amide bonds. The lowest BCUT2D eigenvalue weighted by molar-refractivity contribution is -0.385. The molecule has 2 aromatic rings. The fourth-order valence-corrected chi connectivity index (χ4v) is 6.55. The number of nitro groups is 2. The van der Waals surface area contributed by atoms with Crippen LogP contribution in [0.3, 0.4) is 0 Å².